The van der Waals surface area contributed by atoms with Crippen LogP contribution in [0, 0.1) is 12.7 Å². The van der Waals surface area contributed by atoms with Crippen LogP contribution in [0.2, 0.25) is 5.02 Å². The fourth-order valence-electron chi connectivity index (χ4n) is 4.48. The highest BCUT2D eigenvalue weighted by Crippen LogP contribution is 2.51. The van der Waals surface area contributed by atoms with Crippen LogP contribution in [-0.2, 0) is 26.5 Å². The summed E-state index contributed by atoms with van der Waals surface area (Å²) in [6.45, 7) is 1.50. The van der Waals surface area contributed by atoms with Crippen LogP contribution in [0.4, 0.5) is 30.7 Å². The predicted molar refractivity (Wildman–Crippen MR) is 127 cm³/mol. The average Bonchev–Trinajstić information content (AvgIpc) is 3.22. The van der Waals surface area contributed by atoms with Gasteiger partial charge in [-0.1, -0.05) is 22.8 Å². The summed E-state index contributed by atoms with van der Waals surface area (Å²) in [5.41, 5.74) is -6.43. The lowest BCUT2D eigenvalue weighted by atomic mass is 9.85. The van der Waals surface area contributed by atoms with Gasteiger partial charge in [0.15, 0.2) is 0 Å². The first kappa shape index (κ1) is 29.1. The molecule has 1 aliphatic carbocycles. The van der Waals surface area contributed by atoms with Gasteiger partial charge in [-0.2, -0.15) is 26.3 Å². The number of carbonyl (C=O) groups excluding carboxylic acids is 1. The van der Waals surface area contributed by atoms with Crippen LogP contribution in [0.15, 0.2) is 35.5 Å². The highest BCUT2D eigenvalue weighted by molar-refractivity contribution is 7.91. The first-order chi connectivity index (χ1) is 17.8. The third kappa shape index (κ3) is 5.45. The van der Waals surface area contributed by atoms with Crippen molar-refractivity contribution in [3.8, 4) is 0 Å². The number of oxime groups is 1. The van der Waals surface area contributed by atoms with Crippen molar-refractivity contribution in [3.05, 3.63) is 69.0 Å². The second kappa shape index (κ2) is 9.65. The first-order valence-electron chi connectivity index (χ1n) is 11.3. The molecule has 0 aromatic heterocycles. The lowest BCUT2D eigenvalue weighted by Crippen LogP contribution is -2.49. The molecule has 1 heterocycles. The van der Waals surface area contributed by atoms with Gasteiger partial charge in [0.1, 0.15) is 15.7 Å². The van der Waals surface area contributed by atoms with Gasteiger partial charge in [-0.05, 0) is 55.2 Å². The fraction of sp³-hybridized carbons (Fsp3) is 0.417. The summed E-state index contributed by atoms with van der Waals surface area (Å²) in [6.07, 6.45) is -10.0. The van der Waals surface area contributed by atoms with Crippen molar-refractivity contribution in [1.82, 2.24) is 5.32 Å². The number of halogens is 8. The number of amides is 1. The minimum absolute atomic E-state index is 0.000630. The number of rotatable bonds is 5. The molecular formula is C24H20ClF7N2O4S. The van der Waals surface area contributed by atoms with E-state index >= 15 is 0 Å². The maximum atomic E-state index is 14.8. The van der Waals surface area contributed by atoms with E-state index in [0.29, 0.717) is 5.56 Å². The molecule has 4 rings (SSSR count). The molecule has 1 N–H and O–H groups in total. The zero-order valence-electron chi connectivity index (χ0n) is 20.2. The van der Waals surface area contributed by atoms with Crippen LogP contribution >= 0.6 is 11.6 Å². The van der Waals surface area contributed by atoms with Crippen LogP contribution in [0.1, 0.15) is 51.9 Å². The van der Waals surface area contributed by atoms with Crippen LogP contribution in [-0.4, -0.2) is 43.8 Å². The van der Waals surface area contributed by atoms with Crippen molar-refractivity contribution in [1.29, 1.82) is 0 Å². The Hall–Kier alpha value is -2.87. The number of sulfone groups is 1. The Labute approximate surface area is 223 Å². The topological polar surface area (TPSA) is 84.8 Å². The van der Waals surface area contributed by atoms with Crippen molar-refractivity contribution >= 4 is 33.1 Å². The summed E-state index contributed by atoms with van der Waals surface area (Å²) in [5.74, 6) is -2.25. The van der Waals surface area contributed by atoms with Gasteiger partial charge in [-0.3, -0.25) is 4.79 Å². The normalized spacial score (nSPS) is 23.6. The van der Waals surface area contributed by atoms with Gasteiger partial charge < -0.3 is 10.2 Å². The van der Waals surface area contributed by atoms with Gasteiger partial charge in [0.25, 0.3) is 11.5 Å². The Morgan fingerprint density at radius 1 is 1.13 bits per heavy atom. The zero-order chi connectivity index (χ0) is 29.1. The van der Waals surface area contributed by atoms with Crippen LogP contribution in [0.5, 0.6) is 0 Å². The number of benzene rings is 2. The van der Waals surface area contributed by atoms with Gasteiger partial charge in [0.2, 0.25) is 0 Å². The molecule has 6 nitrogen and oxygen atoms in total. The van der Waals surface area contributed by atoms with Crippen LogP contribution in [0.3, 0.4) is 0 Å². The Morgan fingerprint density at radius 3 is 2.31 bits per heavy atom. The van der Waals surface area contributed by atoms with E-state index in [4.69, 9.17) is 11.6 Å². The third-order valence-corrected chi connectivity index (χ3v) is 8.69. The number of hydrogen-bond acceptors (Lipinski definition) is 5. The Balaban J connectivity index is 1.59. The highest BCUT2D eigenvalue weighted by atomic mass is 35.5. The molecule has 2 aromatic rings. The Kier molecular flexibility index (Phi) is 7.20. The Morgan fingerprint density at radius 2 is 1.77 bits per heavy atom. The summed E-state index contributed by atoms with van der Waals surface area (Å²) in [6, 6.07) is 3.74. The van der Waals surface area contributed by atoms with E-state index in [1.807, 2.05) is 0 Å². The summed E-state index contributed by atoms with van der Waals surface area (Å²) in [4.78, 5) is 17.3. The zero-order valence-corrected chi connectivity index (χ0v) is 21.7. The maximum absolute atomic E-state index is 14.8. The molecule has 1 saturated carbocycles. The second-order valence-corrected chi connectivity index (χ2v) is 12.3. The monoisotopic (exact) mass is 600 g/mol. The summed E-state index contributed by atoms with van der Waals surface area (Å²) in [5, 5.41) is 4.42. The minimum Gasteiger partial charge on any atom is -0.374 e. The van der Waals surface area contributed by atoms with E-state index in [9.17, 15) is 43.9 Å². The van der Waals surface area contributed by atoms with Crippen molar-refractivity contribution < 1.29 is 48.8 Å². The molecule has 0 unspecified atom stereocenters. The molecule has 1 fully saturated rings. The van der Waals surface area contributed by atoms with E-state index in [0.717, 1.165) is 6.26 Å². The van der Waals surface area contributed by atoms with E-state index in [1.54, 1.807) is 0 Å². The van der Waals surface area contributed by atoms with Crippen molar-refractivity contribution in [2.75, 3.05) is 6.26 Å². The molecule has 2 aromatic carbocycles. The molecular weight excluding hydrogens is 581 g/mol. The first-order valence-corrected chi connectivity index (χ1v) is 13.7. The van der Waals surface area contributed by atoms with Gasteiger partial charge in [-0.25, -0.2) is 12.8 Å². The largest absolute Gasteiger partial charge is 0.435 e. The molecule has 0 bridgehead atoms. The summed E-state index contributed by atoms with van der Waals surface area (Å²) >= 11 is 5.51. The number of alkyl halides is 6. The molecule has 2 aliphatic rings. The highest BCUT2D eigenvalue weighted by Gasteiger charge is 2.64. The number of carbonyl (C=O) groups is 1. The van der Waals surface area contributed by atoms with E-state index in [2.05, 4.69) is 15.3 Å². The van der Waals surface area contributed by atoms with Crippen LogP contribution in [0.25, 0.3) is 0 Å². The van der Waals surface area contributed by atoms with Gasteiger partial charge in [0.05, 0.1) is 28.0 Å². The smallest absolute Gasteiger partial charge is 0.374 e. The molecule has 0 saturated heterocycles. The average molecular weight is 601 g/mol. The van der Waals surface area contributed by atoms with E-state index < -0.39 is 67.3 Å². The molecule has 0 radical (unpaired) electrons. The Bertz CT molecular complexity index is 1470. The SMILES string of the molecule is Cc1cc(C2=NO[C@](c3cc(C(F)(F)F)cc(Cl)c3F)(C(F)(F)F)C2)ccc1C(=O)N[C@H]1C[C@@H](S(C)(=O)=O)C1. The van der Waals surface area contributed by atoms with Gasteiger partial charge in [0, 0.05) is 23.4 Å². The number of nitrogens with zero attached hydrogens (tertiary/aromatic N) is 1. The van der Waals surface area contributed by atoms with Crippen molar-refractivity contribution in [2.24, 2.45) is 5.16 Å². The lowest BCUT2D eigenvalue weighted by molar-refractivity contribution is -0.276. The molecule has 1 aliphatic heterocycles. The van der Waals surface area contributed by atoms with Crippen LogP contribution < -0.4 is 5.32 Å². The molecule has 1 amide bonds. The van der Waals surface area contributed by atoms with Crippen molar-refractivity contribution in [2.45, 2.75) is 55.4 Å². The number of nitrogens with one attached hydrogen (secondary N) is 1. The molecule has 212 valence electrons. The number of aryl methyl sites for hydroxylation is 1. The molecule has 15 heteroatoms. The maximum Gasteiger partial charge on any atom is 0.435 e. The second-order valence-electron chi connectivity index (χ2n) is 9.57. The predicted octanol–water partition coefficient (Wildman–Crippen LogP) is 5.69. The lowest BCUT2D eigenvalue weighted by Gasteiger charge is -2.34. The van der Waals surface area contributed by atoms with Gasteiger partial charge in [-0.15, -0.1) is 0 Å². The van der Waals surface area contributed by atoms with E-state index in [1.165, 1.54) is 25.1 Å². The minimum atomic E-state index is -5.39. The molecule has 39 heavy (non-hydrogen) atoms. The molecule has 1 atom stereocenters. The number of hydrogen-bond donors (Lipinski definition) is 1. The summed E-state index contributed by atoms with van der Waals surface area (Å²) in [7, 11) is -3.22. The quantitative estimate of drug-likeness (QED) is 0.447. The molecule has 0 spiro atoms. The standard InChI is InChI=1S/C24H20ClF7N2O4S/c1-11-5-12(3-4-16(11)21(35)33-14-8-15(9-14)39(2,36)37)19-10-22(38-34-19,24(30,31)32)17-6-13(23(27,28)29)7-18(25)20(17)26/h3-7,14-15H,8-10H2,1-2H3,(H,33,35)/t14-,15+,22-/m1/s1. The van der Waals surface area contributed by atoms with Gasteiger partial charge >= 0.3 is 12.4 Å². The summed E-state index contributed by atoms with van der Waals surface area (Å²) < 4.78 is 120. The fourth-order valence-corrected chi connectivity index (χ4v) is 5.86. The van der Waals surface area contributed by atoms with Crippen molar-refractivity contribution in [3.63, 3.8) is 0 Å². The van der Waals surface area contributed by atoms with E-state index in [-0.39, 0.29) is 47.9 Å². The third-order valence-electron chi connectivity index (χ3n) is 6.82.